The van der Waals surface area contributed by atoms with Crippen LogP contribution in [0.1, 0.15) is 17.2 Å². The highest BCUT2D eigenvalue weighted by Gasteiger charge is 2.19. The average molecular weight is 327 g/mol. The van der Waals surface area contributed by atoms with Gasteiger partial charge in [0.15, 0.2) is 11.6 Å². The van der Waals surface area contributed by atoms with Crippen molar-refractivity contribution in [2.24, 2.45) is 0 Å². The Labute approximate surface area is 127 Å². The summed E-state index contributed by atoms with van der Waals surface area (Å²) in [6, 6.07) is 9.31. The van der Waals surface area contributed by atoms with E-state index in [0.717, 1.165) is 17.7 Å². The molecule has 1 unspecified atom stereocenters. The number of nitrogens with one attached hydrogen (secondary N) is 1. The highest BCUT2D eigenvalue weighted by Crippen LogP contribution is 2.18. The molecule has 2 aromatic carbocycles. The van der Waals surface area contributed by atoms with Crippen molar-refractivity contribution in [3.63, 3.8) is 0 Å². The Bertz CT molecular complexity index is 778. The largest absolute Gasteiger partial charge is 0.387 e. The quantitative estimate of drug-likeness (QED) is 0.885. The molecular weight excluding hydrogens is 312 g/mol. The first kappa shape index (κ1) is 16.5. The van der Waals surface area contributed by atoms with Gasteiger partial charge in [0.2, 0.25) is 10.0 Å². The van der Waals surface area contributed by atoms with Crippen molar-refractivity contribution < 1.29 is 22.3 Å². The molecule has 0 spiro atoms. The SMILES string of the molecule is Cc1ccccc1C(O)CNS(=O)(=O)c1ccc(F)c(F)c1. The third-order valence-electron chi connectivity index (χ3n) is 3.22. The first-order chi connectivity index (χ1) is 10.3. The Kier molecular flexibility index (Phi) is 4.90. The summed E-state index contributed by atoms with van der Waals surface area (Å²) >= 11 is 0. The van der Waals surface area contributed by atoms with Crippen LogP contribution >= 0.6 is 0 Å². The molecule has 0 fully saturated rings. The van der Waals surface area contributed by atoms with Crippen LogP contribution in [-0.2, 0) is 10.0 Å². The molecule has 0 aliphatic heterocycles. The van der Waals surface area contributed by atoms with Gasteiger partial charge in [0.05, 0.1) is 11.0 Å². The Morgan fingerprint density at radius 1 is 1.14 bits per heavy atom. The summed E-state index contributed by atoms with van der Waals surface area (Å²) in [4.78, 5) is -0.400. The molecule has 0 aliphatic carbocycles. The van der Waals surface area contributed by atoms with Gasteiger partial charge in [-0.25, -0.2) is 21.9 Å². The van der Waals surface area contributed by atoms with Crippen LogP contribution in [0.15, 0.2) is 47.4 Å². The minimum absolute atomic E-state index is 0.272. The minimum atomic E-state index is -4.03. The van der Waals surface area contributed by atoms with Gasteiger partial charge in [0.25, 0.3) is 0 Å². The molecule has 0 aromatic heterocycles. The topological polar surface area (TPSA) is 66.4 Å². The van der Waals surface area contributed by atoms with Crippen LogP contribution < -0.4 is 4.72 Å². The van der Waals surface area contributed by atoms with Crippen molar-refractivity contribution in [3.8, 4) is 0 Å². The molecule has 0 amide bonds. The van der Waals surface area contributed by atoms with Crippen molar-refractivity contribution in [2.45, 2.75) is 17.9 Å². The van der Waals surface area contributed by atoms with Crippen LogP contribution in [-0.4, -0.2) is 20.1 Å². The van der Waals surface area contributed by atoms with Crippen LogP contribution in [0.2, 0.25) is 0 Å². The summed E-state index contributed by atoms with van der Waals surface area (Å²) in [6.07, 6.45) is -1.04. The van der Waals surface area contributed by atoms with Crippen LogP contribution in [0.3, 0.4) is 0 Å². The third kappa shape index (κ3) is 3.68. The Morgan fingerprint density at radius 2 is 1.82 bits per heavy atom. The van der Waals surface area contributed by atoms with E-state index in [-0.39, 0.29) is 6.54 Å². The van der Waals surface area contributed by atoms with Gasteiger partial charge in [-0.3, -0.25) is 0 Å². The fraction of sp³-hybridized carbons (Fsp3) is 0.200. The molecule has 7 heteroatoms. The van der Waals surface area contributed by atoms with Crippen LogP contribution in [0.5, 0.6) is 0 Å². The van der Waals surface area contributed by atoms with E-state index in [1.807, 2.05) is 0 Å². The maximum absolute atomic E-state index is 13.1. The predicted octanol–water partition coefficient (Wildman–Crippen LogP) is 2.29. The van der Waals surface area contributed by atoms with Gasteiger partial charge in [0, 0.05) is 6.54 Å². The molecular formula is C15H15F2NO3S. The standard InChI is InChI=1S/C15H15F2NO3S/c1-10-4-2-3-5-12(10)15(19)9-18-22(20,21)11-6-7-13(16)14(17)8-11/h2-8,15,18-19H,9H2,1H3. The van der Waals surface area contributed by atoms with Gasteiger partial charge in [-0.15, -0.1) is 0 Å². The van der Waals surface area contributed by atoms with Crippen molar-refractivity contribution in [1.82, 2.24) is 4.72 Å². The molecule has 0 saturated heterocycles. The van der Waals surface area contributed by atoms with E-state index in [2.05, 4.69) is 4.72 Å². The Hall–Kier alpha value is -1.83. The maximum Gasteiger partial charge on any atom is 0.240 e. The van der Waals surface area contributed by atoms with E-state index < -0.39 is 32.7 Å². The lowest BCUT2D eigenvalue weighted by atomic mass is 10.0. The molecule has 1 atom stereocenters. The Morgan fingerprint density at radius 3 is 2.45 bits per heavy atom. The van der Waals surface area contributed by atoms with E-state index >= 15 is 0 Å². The number of hydrogen-bond donors (Lipinski definition) is 2. The second kappa shape index (κ2) is 6.51. The zero-order valence-corrected chi connectivity index (χ0v) is 12.6. The van der Waals surface area contributed by atoms with Gasteiger partial charge >= 0.3 is 0 Å². The van der Waals surface area contributed by atoms with Crippen molar-refractivity contribution in [3.05, 3.63) is 65.2 Å². The van der Waals surface area contributed by atoms with Gasteiger partial charge in [-0.2, -0.15) is 0 Å². The second-order valence-corrected chi connectivity index (χ2v) is 6.57. The Balaban J connectivity index is 2.13. The summed E-state index contributed by atoms with van der Waals surface area (Å²) in [6.45, 7) is 1.52. The molecule has 2 aromatic rings. The lowest BCUT2D eigenvalue weighted by Gasteiger charge is -2.14. The molecule has 4 nitrogen and oxygen atoms in total. The number of aliphatic hydroxyl groups is 1. The number of hydrogen-bond acceptors (Lipinski definition) is 3. The summed E-state index contributed by atoms with van der Waals surface area (Å²) in [5.41, 5.74) is 1.41. The van der Waals surface area contributed by atoms with Crippen molar-refractivity contribution in [2.75, 3.05) is 6.54 Å². The van der Waals surface area contributed by atoms with Gasteiger partial charge in [0.1, 0.15) is 0 Å². The highest BCUT2D eigenvalue weighted by atomic mass is 32.2. The lowest BCUT2D eigenvalue weighted by Crippen LogP contribution is -2.29. The van der Waals surface area contributed by atoms with E-state index in [1.165, 1.54) is 0 Å². The molecule has 0 saturated carbocycles. The number of aryl methyl sites for hydroxylation is 1. The van der Waals surface area contributed by atoms with Gasteiger partial charge < -0.3 is 5.11 Å². The number of aliphatic hydroxyl groups excluding tert-OH is 1. The molecule has 0 radical (unpaired) electrons. The molecule has 22 heavy (non-hydrogen) atoms. The third-order valence-corrected chi connectivity index (χ3v) is 4.64. The summed E-state index contributed by atoms with van der Waals surface area (Å²) in [5, 5.41) is 10.0. The maximum atomic E-state index is 13.1. The van der Waals surface area contributed by atoms with Crippen LogP contribution in [0, 0.1) is 18.6 Å². The second-order valence-electron chi connectivity index (χ2n) is 4.80. The van der Waals surface area contributed by atoms with Crippen molar-refractivity contribution >= 4 is 10.0 Å². The summed E-state index contributed by atoms with van der Waals surface area (Å²) in [5.74, 6) is -2.37. The number of halogens is 2. The fourth-order valence-electron chi connectivity index (χ4n) is 1.99. The molecule has 2 N–H and O–H groups in total. The van der Waals surface area contributed by atoms with Crippen molar-refractivity contribution in [1.29, 1.82) is 0 Å². The van der Waals surface area contributed by atoms with Gasteiger partial charge in [-0.1, -0.05) is 24.3 Å². The summed E-state index contributed by atoms with van der Waals surface area (Å²) < 4.78 is 52.1. The monoisotopic (exact) mass is 327 g/mol. The molecule has 118 valence electrons. The van der Waals surface area contributed by atoms with E-state index in [9.17, 15) is 22.3 Å². The van der Waals surface area contributed by atoms with Crippen LogP contribution in [0.4, 0.5) is 8.78 Å². The first-order valence-corrected chi connectivity index (χ1v) is 7.98. The minimum Gasteiger partial charge on any atom is -0.387 e. The molecule has 0 heterocycles. The van der Waals surface area contributed by atoms with E-state index in [1.54, 1.807) is 31.2 Å². The zero-order chi connectivity index (χ0) is 16.3. The average Bonchev–Trinajstić information content (AvgIpc) is 2.48. The molecule has 0 aliphatic rings. The summed E-state index contributed by atoms with van der Waals surface area (Å²) in [7, 11) is -4.03. The number of sulfonamides is 1. The first-order valence-electron chi connectivity index (χ1n) is 6.49. The number of benzene rings is 2. The zero-order valence-electron chi connectivity index (χ0n) is 11.8. The van der Waals surface area contributed by atoms with E-state index in [4.69, 9.17) is 0 Å². The molecule has 2 rings (SSSR count). The predicted molar refractivity (Wildman–Crippen MR) is 77.7 cm³/mol. The van der Waals surface area contributed by atoms with Crippen LogP contribution in [0.25, 0.3) is 0 Å². The van der Waals surface area contributed by atoms with Gasteiger partial charge in [-0.05, 0) is 36.2 Å². The van der Waals surface area contributed by atoms with E-state index in [0.29, 0.717) is 11.6 Å². The normalized spacial score (nSPS) is 13.1. The fourth-order valence-corrected chi connectivity index (χ4v) is 3.04. The molecule has 0 bridgehead atoms. The lowest BCUT2D eigenvalue weighted by molar-refractivity contribution is 0.181. The smallest absolute Gasteiger partial charge is 0.240 e. The number of rotatable bonds is 5. The highest BCUT2D eigenvalue weighted by molar-refractivity contribution is 7.89.